The van der Waals surface area contributed by atoms with Gasteiger partial charge >= 0.3 is 0 Å². The van der Waals surface area contributed by atoms with E-state index in [0.717, 1.165) is 0 Å². The number of nitrogens with one attached hydrogen (secondary N) is 1. The van der Waals surface area contributed by atoms with Crippen LogP contribution in [-0.4, -0.2) is 23.2 Å². The molecule has 3 rings (SSSR count). The average Bonchev–Trinajstić information content (AvgIpc) is 2.41. The Hall–Kier alpha value is -2.04. The Balaban J connectivity index is 0.000000514. The third-order valence-corrected chi connectivity index (χ3v) is 2.26. The summed E-state index contributed by atoms with van der Waals surface area (Å²) in [6, 6.07) is 3.58. The van der Waals surface area contributed by atoms with Crippen LogP contribution in [0, 0.1) is 0 Å². The Bertz CT molecular complexity index is 577. The molecule has 17 heavy (non-hydrogen) atoms. The molecule has 90 valence electrons. The van der Waals surface area contributed by atoms with Gasteiger partial charge in [0.25, 0.3) is 5.56 Å². The van der Waals surface area contributed by atoms with Crippen LogP contribution in [0.1, 0.15) is 13.8 Å². The molecule has 5 nitrogen and oxygen atoms in total. The summed E-state index contributed by atoms with van der Waals surface area (Å²) < 4.78 is 10.9. The summed E-state index contributed by atoms with van der Waals surface area (Å²) in [5.41, 5.74) is 1.05. The molecule has 1 aliphatic heterocycles. The van der Waals surface area contributed by atoms with Crippen molar-refractivity contribution in [2.45, 2.75) is 13.8 Å². The van der Waals surface area contributed by atoms with Crippen LogP contribution < -0.4 is 15.0 Å². The number of hydrogen-bond donors (Lipinski definition) is 1. The maximum atomic E-state index is 11.2. The van der Waals surface area contributed by atoms with Gasteiger partial charge in [-0.3, -0.25) is 4.79 Å². The molecule has 0 atom stereocenters. The molecule has 0 unspecified atom stereocenters. The summed E-state index contributed by atoms with van der Waals surface area (Å²) >= 11 is 0. The lowest BCUT2D eigenvalue weighted by Crippen LogP contribution is -2.16. The Labute approximate surface area is 98.4 Å². The molecule has 0 bridgehead atoms. The van der Waals surface area contributed by atoms with E-state index in [1.807, 2.05) is 13.8 Å². The number of aromatic amines is 1. The van der Waals surface area contributed by atoms with Gasteiger partial charge < -0.3 is 14.5 Å². The van der Waals surface area contributed by atoms with E-state index in [-0.39, 0.29) is 5.56 Å². The zero-order chi connectivity index (χ0) is 12.3. The molecular formula is C12H14N2O3. The third kappa shape index (κ3) is 2.08. The predicted molar refractivity (Wildman–Crippen MR) is 64.7 cm³/mol. The Morgan fingerprint density at radius 1 is 1.24 bits per heavy atom. The van der Waals surface area contributed by atoms with Crippen LogP contribution in [0.3, 0.4) is 0 Å². The number of aromatic nitrogens is 2. The second-order valence-electron chi connectivity index (χ2n) is 3.23. The van der Waals surface area contributed by atoms with Gasteiger partial charge in [-0.25, -0.2) is 4.98 Å². The van der Waals surface area contributed by atoms with Gasteiger partial charge in [0.15, 0.2) is 11.5 Å². The summed E-state index contributed by atoms with van der Waals surface area (Å²) in [6.45, 7) is 5.02. The highest BCUT2D eigenvalue weighted by molar-refractivity contribution is 5.83. The van der Waals surface area contributed by atoms with E-state index in [1.54, 1.807) is 12.1 Å². The monoisotopic (exact) mass is 234 g/mol. The average molecular weight is 234 g/mol. The van der Waals surface area contributed by atoms with E-state index in [9.17, 15) is 4.79 Å². The minimum Gasteiger partial charge on any atom is -0.486 e. The fraction of sp³-hybridized carbons (Fsp3) is 0.333. The molecule has 0 saturated carbocycles. The molecule has 5 heteroatoms. The maximum absolute atomic E-state index is 11.2. The van der Waals surface area contributed by atoms with Gasteiger partial charge in [0.05, 0.1) is 11.7 Å². The molecule has 0 radical (unpaired) electrons. The molecule has 1 N–H and O–H groups in total. The van der Waals surface area contributed by atoms with Crippen LogP contribution in [0.25, 0.3) is 11.0 Å². The first kappa shape index (κ1) is 11.4. The summed E-state index contributed by atoms with van der Waals surface area (Å²) in [5.74, 6) is 1.22. The largest absolute Gasteiger partial charge is 0.486 e. The zero-order valence-corrected chi connectivity index (χ0v) is 9.82. The van der Waals surface area contributed by atoms with E-state index >= 15 is 0 Å². The second-order valence-corrected chi connectivity index (χ2v) is 3.23. The van der Waals surface area contributed by atoms with Crippen molar-refractivity contribution in [2.75, 3.05) is 13.2 Å². The Morgan fingerprint density at radius 3 is 2.82 bits per heavy atom. The SMILES string of the molecule is CC.O=c1cnc2ccc3c(c2[nH]1)OCCO3. The second kappa shape index (κ2) is 4.86. The molecule has 1 aromatic heterocycles. The minimum absolute atomic E-state index is 0.245. The number of ether oxygens (including phenoxy) is 2. The van der Waals surface area contributed by atoms with E-state index < -0.39 is 0 Å². The standard InChI is InChI=1S/C10H8N2O3.C2H6/c13-8-5-11-6-1-2-7-10(9(6)12-8)15-4-3-14-7;1-2/h1-2,5H,3-4H2,(H,12,13);1-2H3. The normalized spacial score (nSPS) is 12.8. The number of hydrogen-bond acceptors (Lipinski definition) is 4. The first-order chi connectivity index (χ1) is 8.34. The molecular weight excluding hydrogens is 220 g/mol. The van der Waals surface area contributed by atoms with Gasteiger partial charge in [0, 0.05) is 0 Å². The van der Waals surface area contributed by atoms with Crippen molar-refractivity contribution < 1.29 is 9.47 Å². The lowest BCUT2D eigenvalue weighted by molar-refractivity contribution is 0.173. The smallest absolute Gasteiger partial charge is 0.266 e. The molecule has 0 amide bonds. The van der Waals surface area contributed by atoms with Gasteiger partial charge in [-0.15, -0.1) is 0 Å². The van der Waals surface area contributed by atoms with Crippen molar-refractivity contribution in [3.63, 3.8) is 0 Å². The lowest BCUT2D eigenvalue weighted by atomic mass is 10.2. The Morgan fingerprint density at radius 2 is 2.00 bits per heavy atom. The van der Waals surface area contributed by atoms with Crippen molar-refractivity contribution in [3.05, 3.63) is 28.7 Å². The quantitative estimate of drug-likeness (QED) is 0.753. The van der Waals surface area contributed by atoms with Crippen molar-refractivity contribution in [2.24, 2.45) is 0 Å². The highest BCUT2D eigenvalue weighted by atomic mass is 16.6. The van der Waals surface area contributed by atoms with Crippen molar-refractivity contribution in [1.29, 1.82) is 0 Å². The van der Waals surface area contributed by atoms with Crippen LogP contribution in [-0.2, 0) is 0 Å². The van der Waals surface area contributed by atoms with Crippen LogP contribution in [0.15, 0.2) is 23.1 Å². The van der Waals surface area contributed by atoms with Gasteiger partial charge in [-0.2, -0.15) is 0 Å². The number of H-pyrrole nitrogens is 1. The van der Waals surface area contributed by atoms with E-state index in [0.29, 0.717) is 35.7 Å². The number of benzene rings is 1. The molecule has 1 aromatic carbocycles. The van der Waals surface area contributed by atoms with Crippen LogP contribution >= 0.6 is 0 Å². The molecule has 0 saturated heterocycles. The van der Waals surface area contributed by atoms with E-state index in [4.69, 9.17) is 9.47 Å². The predicted octanol–water partition coefficient (Wildman–Crippen LogP) is 1.72. The number of rotatable bonds is 0. The third-order valence-electron chi connectivity index (χ3n) is 2.26. The van der Waals surface area contributed by atoms with Crippen LogP contribution in [0.4, 0.5) is 0 Å². The van der Waals surface area contributed by atoms with Crippen LogP contribution in [0.2, 0.25) is 0 Å². The van der Waals surface area contributed by atoms with E-state index in [1.165, 1.54) is 6.20 Å². The van der Waals surface area contributed by atoms with Crippen LogP contribution in [0.5, 0.6) is 11.5 Å². The highest BCUT2D eigenvalue weighted by Gasteiger charge is 2.15. The molecule has 2 aromatic rings. The lowest BCUT2D eigenvalue weighted by Gasteiger charge is -2.18. The molecule has 0 fully saturated rings. The first-order valence-corrected chi connectivity index (χ1v) is 5.62. The minimum atomic E-state index is -0.245. The molecule has 0 spiro atoms. The van der Waals surface area contributed by atoms with Gasteiger partial charge in [0.2, 0.25) is 0 Å². The van der Waals surface area contributed by atoms with Gasteiger partial charge in [0.1, 0.15) is 18.7 Å². The molecule has 1 aliphatic rings. The zero-order valence-electron chi connectivity index (χ0n) is 9.82. The fourth-order valence-corrected chi connectivity index (χ4v) is 1.62. The topological polar surface area (TPSA) is 64.2 Å². The maximum Gasteiger partial charge on any atom is 0.266 e. The number of nitrogens with zero attached hydrogens (tertiary/aromatic N) is 1. The number of fused-ring (bicyclic) bond motifs is 3. The van der Waals surface area contributed by atoms with Gasteiger partial charge in [-0.1, -0.05) is 13.8 Å². The summed E-state index contributed by atoms with van der Waals surface area (Å²) in [5, 5.41) is 0. The van der Waals surface area contributed by atoms with Crippen molar-refractivity contribution in [3.8, 4) is 11.5 Å². The first-order valence-electron chi connectivity index (χ1n) is 5.62. The van der Waals surface area contributed by atoms with Crippen molar-refractivity contribution >= 4 is 11.0 Å². The van der Waals surface area contributed by atoms with Gasteiger partial charge in [-0.05, 0) is 12.1 Å². The summed E-state index contributed by atoms with van der Waals surface area (Å²) in [6.07, 6.45) is 1.25. The molecule has 0 aliphatic carbocycles. The highest BCUT2D eigenvalue weighted by Crippen LogP contribution is 2.34. The molecule has 2 heterocycles. The van der Waals surface area contributed by atoms with Crippen molar-refractivity contribution in [1.82, 2.24) is 9.97 Å². The summed E-state index contributed by atoms with van der Waals surface area (Å²) in [7, 11) is 0. The Kier molecular flexibility index (Phi) is 3.27. The summed E-state index contributed by atoms with van der Waals surface area (Å²) in [4.78, 5) is 17.9. The fourth-order valence-electron chi connectivity index (χ4n) is 1.62. The van der Waals surface area contributed by atoms with E-state index in [2.05, 4.69) is 9.97 Å².